The van der Waals surface area contributed by atoms with Crippen molar-refractivity contribution >= 4 is 7.85 Å². The second-order valence-corrected chi connectivity index (χ2v) is 5.93. The maximum atomic E-state index is 6.08. The van der Waals surface area contributed by atoms with Crippen LogP contribution in [0, 0.1) is 6.92 Å². The van der Waals surface area contributed by atoms with Crippen molar-refractivity contribution in [2.45, 2.75) is 25.8 Å². The summed E-state index contributed by atoms with van der Waals surface area (Å²) in [5.41, 5.74) is 9.30. The van der Waals surface area contributed by atoms with E-state index in [2.05, 4.69) is 35.3 Å². The number of aryl methyl sites for hydroxylation is 2. The molecule has 0 atom stereocenters. The van der Waals surface area contributed by atoms with Gasteiger partial charge in [0.1, 0.15) is 11.9 Å². The van der Waals surface area contributed by atoms with Crippen LogP contribution >= 0.6 is 0 Å². The minimum absolute atomic E-state index is 0.271. The fourth-order valence-electron chi connectivity index (χ4n) is 2.75. The lowest BCUT2D eigenvalue weighted by molar-refractivity contribution is 0.0258. The van der Waals surface area contributed by atoms with Gasteiger partial charge in [0.2, 0.25) is 0 Å². The van der Waals surface area contributed by atoms with E-state index in [-0.39, 0.29) is 6.10 Å². The quantitative estimate of drug-likeness (QED) is 0.709. The first-order valence-electron chi connectivity index (χ1n) is 7.89. The van der Waals surface area contributed by atoms with E-state index in [9.17, 15) is 0 Å². The topological polar surface area (TPSA) is 50.5 Å². The molecule has 3 N–H and O–H groups in total. The van der Waals surface area contributed by atoms with Gasteiger partial charge in [-0.15, -0.1) is 0 Å². The van der Waals surface area contributed by atoms with Crippen LogP contribution in [0.2, 0.25) is 6.32 Å². The van der Waals surface area contributed by atoms with Crippen LogP contribution in [-0.4, -0.2) is 52.1 Å². The second-order valence-electron chi connectivity index (χ2n) is 5.93. The number of likely N-dealkylation sites (N-methyl/N-ethyl adjacent to an activating group) is 1. The Morgan fingerprint density at radius 3 is 2.86 bits per heavy atom. The predicted octanol–water partition coefficient (Wildman–Crippen LogP) is 1.25. The Labute approximate surface area is 135 Å². The van der Waals surface area contributed by atoms with E-state index in [0.717, 1.165) is 38.3 Å². The number of rotatable bonds is 8. The van der Waals surface area contributed by atoms with Crippen LogP contribution in [0.5, 0.6) is 5.75 Å². The predicted molar refractivity (Wildman–Crippen MR) is 92.5 cm³/mol. The number of ether oxygens (including phenoxy) is 1. The third-order valence-electron chi connectivity index (χ3n) is 3.96. The molecule has 4 nitrogen and oxygen atoms in total. The van der Waals surface area contributed by atoms with Gasteiger partial charge in [-0.25, -0.2) is 0 Å². The van der Waals surface area contributed by atoms with Crippen molar-refractivity contribution in [3.63, 3.8) is 0 Å². The highest BCUT2D eigenvalue weighted by Crippen LogP contribution is 2.24. The number of benzene rings is 1. The largest absolute Gasteiger partial charge is 0.487 e. The lowest BCUT2D eigenvalue weighted by atomic mass is 9.96. The van der Waals surface area contributed by atoms with Crippen molar-refractivity contribution in [2.75, 3.05) is 33.2 Å². The fraction of sp³-hybridized carbons (Fsp3) is 0.529. The molecule has 22 heavy (non-hydrogen) atoms. The minimum Gasteiger partial charge on any atom is -0.487 e. The van der Waals surface area contributed by atoms with E-state index in [1.165, 1.54) is 16.7 Å². The van der Waals surface area contributed by atoms with E-state index in [4.69, 9.17) is 18.3 Å². The van der Waals surface area contributed by atoms with Crippen molar-refractivity contribution in [1.82, 2.24) is 10.2 Å². The molecule has 1 aromatic carbocycles. The molecule has 5 heteroatoms. The average Bonchev–Trinajstić information content (AvgIpc) is 2.46. The zero-order valence-corrected chi connectivity index (χ0v) is 13.6. The third-order valence-corrected chi connectivity index (χ3v) is 3.96. The first-order valence-corrected chi connectivity index (χ1v) is 7.89. The molecular formula is C17H26BN3O. The highest BCUT2D eigenvalue weighted by Gasteiger charge is 2.28. The van der Waals surface area contributed by atoms with Gasteiger partial charge in [-0.2, -0.15) is 0 Å². The monoisotopic (exact) mass is 299 g/mol. The highest BCUT2D eigenvalue weighted by molar-refractivity contribution is 6.08. The van der Waals surface area contributed by atoms with Crippen molar-refractivity contribution in [1.29, 1.82) is 0 Å². The Morgan fingerprint density at radius 1 is 1.50 bits per heavy atom. The van der Waals surface area contributed by atoms with Crippen molar-refractivity contribution in [3.05, 3.63) is 41.1 Å². The molecule has 0 spiro atoms. The van der Waals surface area contributed by atoms with Crippen LogP contribution in [0.25, 0.3) is 0 Å². The number of nitrogens with zero attached hydrogens (tertiary/aromatic N) is 1. The maximum Gasteiger partial charge on any atom is 0.124 e. The molecule has 0 bridgehead atoms. The molecule has 0 aromatic heterocycles. The molecule has 1 aromatic rings. The van der Waals surface area contributed by atoms with E-state index >= 15 is 0 Å². The Bertz CT molecular complexity index is 513. The fourth-order valence-corrected chi connectivity index (χ4v) is 2.75. The van der Waals surface area contributed by atoms with E-state index < -0.39 is 0 Å². The third kappa shape index (κ3) is 4.52. The first-order chi connectivity index (χ1) is 10.7. The summed E-state index contributed by atoms with van der Waals surface area (Å²) in [6.07, 6.45) is 3.57. The van der Waals surface area contributed by atoms with Crippen molar-refractivity contribution < 1.29 is 4.74 Å². The molecule has 0 unspecified atom stereocenters. The van der Waals surface area contributed by atoms with Gasteiger partial charge in [0.05, 0.1) is 7.85 Å². The maximum absolute atomic E-state index is 6.08. The molecule has 1 aliphatic heterocycles. The van der Waals surface area contributed by atoms with Crippen LogP contribution in [0.3, 0.4) is 0 Å². The summed E-state index contributed by atoms with van der Waals surface area (Å²) in [6.45, 7) is 5.73. The molecular weight excluding hydrogens is 273 g/mol. The number of nitrogens with one attached hydrogen (secondary N) is 1. The SMILES string of the molecule is [B]CCc1ccc(OC2CN(C/C(=C/N)CNC)C2)c(C)c1. The van der Waals surface area contributed by atoms with Gasteiger partial charge in [-0.1, -0.05) is 18.5 Å². The van der Waals surface area contributed by atoms with Gasteiger partial charge < -0.3 is 15.8 Å². The normalized spacial score (nSPS) is 16.5. The van der Waals surface area contributed by atoms with Crippen molar-refractivity contribution in [2.24, 2.45) is 5.73 Å². The second kappa shape index (κ2) is 8.25. The standard InChI is InChI=1S/C17H26BN3O/c1-13-7-14(5-6-18)3-4-17(13)22-16-11-21(12-16)10-15(8-19)9-20-2/h3-4,7-8,16,20H,5-6,9-12,19H2,1-2H3/b15-8+. The molecule has 1 heterocycles. The number of hydrogen-bond acceptors (Lipinski definition) is 4. The van der Waals surface area contributed by atoms with E-state index in [1.54, 1.807) is 6.20 Å². The Kier molecular flexibility index (Phi) is 6.34. The molecule has 1 saturated heterocycles. The minimum atomic E-state index is 0.271. The zero-order chi connectivity index (χ0) is 15.9. The summed E-state index contributed by atoms with van der Waals surface area (Å²) in [5.74, 6) is 0.982. The molecule has 0 amide bonds. The summed E-state index contributed by atoms with van der Waals surface area (Å²) in [5, 5.41) is 3.13. The van der Waals surface area contributed by atoms with Gasteiger partial charge in [0.15, 0.2) is 0 Å². The lowest BCUT2D eigenvalue weighted by Crippen LogP contribution is -2.54. The smallest absolute Gasteiger partial charge is 0.124 e. The van der Waals surface area contributed by atoms with E-state index in [1.807, 2.05) is 7.05 Å². The van der Waals surface area contributed by atoms with Crippen LogP contribution < -0.4 is 15.8 Å². The number of likely N-dealkylation sites (tertiary alicyclic amines) is 1. The first kappa shape index (κ1) is 16.9. The lowest BCUT2D eigenvalue weighted by Gasteiger charge is -2.39. The summed E-state index contributed by atoms with van der Waals surface area (Å²) < 4.78 is 6.08. The molecule has 0 aliphatic carbocycles. The number of hydrogen-bond donors (Lipinski definition) is 2. The highest BCUT2D eigenvalue weighted by atomic mass is 16.5. The summed E-state index contributed by atoms with van der Waals surface area (Å²) in [7, 11) is 7.53. The Morgan fingerprint density at radius 2 is 2.27 bits per heavy atom. The molecule has 118 valence electrons. The van der Waals surface area contributed by atoms with Crippen LogP contribution in [-0.2, 0) is 6.42 Å². The molecule has 1 fully saturated rings. The van der Waals surface area contributed by atoms with Crippen LogP contribution in [0.15, 0.2) is 30.0 Å². The summed E-state index contributed by atoms with van der Waals surface area (Å²) in [6, 6.07) is 6.34. The Balaban J connectivity index is 1.80. The van der Waals surface area contributed by atoms with Crippen LogP contribution in [0.1, 0.15) is 11.1 Å². The van der Waals surface area contributed by atoms with Crippen LogP contribution in [0.4, 0.5) is 0 Å². The molecule has 0 saturated carbocycles. The molecule has 1 aliphatic rings. The summed E-state index contributed by atoms with van der Waals surface area (Å²) >= 11 is 0. The average molecular weight is 299 g/mol. The summed E-state index contributed by atoms with van der Waals surface area (Å²) in [4.78, 5) is 2.35. The van der Waals surface area contributed by atoms with E-state index in [0.29, 0.717) is 6.32 Å². The van der Waals surface area contributed by atoms with Crippen molar-refractivity contribution in [3.8, 4) is 5.75 Å². The van der Waals surface area contributed by atoms with Gasteiger partial charge in [-0.05, 0) is 49.4 Å². The molecule has 2 rings (SSSR count). The Hall–Kier alpha value is -1.46. The molecule has 2 radical (unpaired) electrons. The zero-order valence-electron chi connectivity index (χ0n) is 13.6. The van der Waals surface area contributed by atoms with Gasteiger partial charge in [0, 0.05) is 26.2 Å². The van der Waals surface area contributed by atoms with Gasteiger partial charge in [-0.3, -0.25) is 4.90 Å². The number of nitrogens with two attached hydrogens (primary N) is 1. The van der Waals surface area contributed by atoms with Gasteiger partial charge in [0.25, 0.3) is 0 Å². The van der Waals surface area contributed by atoms with Gasteiger partial charge >= 0.3 is 0 Å².